The average Bonchev–Trinajstić information content (AvgIpc) is 3.61. The van der Waals surface area contributed by atoms with Crippen LogP contribution in [0, 0.1) is 0 Å². The topological polar surface area (TPSA) is 66.8 Å². The molecule has 0 bridgehead atoms. The van der Waals surface area contributed by atoms with Gasteiger partial charge in [0, 0.05) is 12.6 Å². The van der Waals surface area contributed by atoms with E-state index in [9.17, 15) is 14.1 Å². The van der Waals surface area contributed by atoms with Crippen LogP contribution in [-0.4, -0.2) is 33.4 Å². The van der Waals surface area contributed by atoms with Crippen LogP contribution in [0.15, 0.2) is 83.8 Å². The number of aliphatic carboxylic acids is 1. The van der Waals surface area contributed by atoms with Gasteiger partial charge in [-0.2, -0.15) is 0 Å². The molecule has 174 valence electrons. The number of hydrogen-bond acceptors (Lipinski definition) is 4. The summed E-state index contributed by atoms with van der Waals surface area (Å²) < 4.78 is 13.3. The van der Waals surface area contributed by atoms with Crippen LogP contribution in [0.2, 0.25) is 0 Å². The van der Waals surface area contributed by atoms with Gasteiger partial charge in [0.15, 0.2) is 5.76 Å². The maximum Gasteiger partial charge on any atom is 0.314 e. The van der Waals surface area contributed by atoms with Crippen LogP contribution in [0.3, 0.4) is 0 Å². The van der Waals surface area contributed by atoms with Gasteiger partial charge in [-0.25, -0.2) is 0 Å². The second-order valence-corrected chi connectivity index (χ2v) is 10.4. The normalized spacial score (nSPS) is 20.1. The van der Waals surface area contributed by atoms with E-state index in [2.05, 4.69) is 0 Å². The fraction of sp³-hybridized carbons (Fsp3) is 0.250. The van der Waals surface area contributed by atoms with E-state index in [4.69, 9.17) is 4.84 Å². The predicted molar refractivity (Wildman–Crippen MR) is 134 cm³/mol. The molecule has 1 N–H and O–H groups in total. The molecule has 1 fully saturated rings. The van der Waals surface area contributed by atoms with E-state index in [1.807, 2.05) is 92.8 Å². The zero-order valence-corrected chi connectivity index (χ0v) is 20.0. The number of likely N-dealkylation sites (N-methyl/N-ethyl adjacent to an activating group) is 1. The van der Waals surface area contributed by atoms with Crippen LogP contribution >= 0.6 is 0 Å². The molecular weight excluding hydrogens is 446 g/mol. The Morgan fingerprint density at radius 2 is 1.53 bits per heavy atom. The Labute approximate surface area is 202 Å². The van der Waals surface area contributed by atoms with Crippen LogP contribution in [0.5, 0.6) is 0 Å². The third-order valence-corrected chi connectivity index (χ3v) is 8.46. The first-order chi connectivity index (χ1) is 16.4. The molecule has 0 saturated heterocycles. The molecule has 34 heavy (non-hydrogen) atoms. The van der Waals surface area contributed by atoms with E-state index in [1.54, 1.807) is 5.06 Å². The molecular formula is C28H27NO4S. The van der Waals surface area contributed by atoms with Gasteiger partial charge in [0.25, 0.3) is 0 Å². The Bertz CT molecular complexity index is 1260. The second-order valence-electron chi connectivity index (χ2n) is 9.02. The summed E-state index contributed by atoms with van der Waals surface area (Å²) in [5.41, 5.74) is 4.15. The van der Waals surface area contributed by atoms with Crippen molar-refractivity contribution in [1.29, 1.82) is 0 Å². The van der Waals surface area contributed by atoms with E-state index in [1.165, 1.54) is 0 Å². The van der Waals surface area contributed by atoms with E-state index >= 15 is 0 Å². The summed E-state index contributed by atoms with van der Waals surface area (Å²) in [4.78, 5) is 18.4. The fourth-order valence-corrected chi connectivity index (χ4v) is 6.00. The Morgan fingerprint density at radius 3 is 2.09 bits per heavy atom. The molecule has 5 nitrogen and oxygen atoms in total. The number of rotatable bonds is 7. The van der Waals surface area contributed by atoms with Crippen LogP contribution in [-0.2, 0) is 31.6 Å². The van der Waals surface area contributed by atoms with Gasteiger partial charge in [0.1, 0.15) is 0 Å². The van der Waals surface area contributed by atoms with Crippen molar-refractivity contribution in [3.63, 3.8) is 0 Å². The highest BCUT2D eigenvalue weighted by atomic mass is 32.2. The molecule has 0 aromatic heterocycles. The maximum atomic E-state index is 13.3. The second kappa shape index (κ2) is 8.85. The first kappa shape index (κ1) is 22.6. The molecule has 0 radical (unpaired) electrons. The zero-order valence-electron chi connectivity index (χ0n) is 19.2. The molecule has 0 amide bonds. The molecule has 1 heterocycles. The molecule has 2 atom stereocenters. The summed E-state index contributed by atoms with van der Waals surface area (Å²) in [7, 11) is 0.645. The van der Waals surface area contributed by atoms with Crippen molar-refractivity contribution < 1.29 is 18.9 Å². The first-order valence-electron chi connectivity index (χ1n) is 11.4. The van der Waals surface area contributed by atoms with Crippen molar-refractivity contribution in [3.8, 4) is 11.1 Å². The van der Waals surface area contributed by atoms with Gasteiger partial charge in [-0.3, -0.25) is 9.00 Å². The monoisotopic (exact) mass is 473 g/mol. The molecule has 1 aliphatic carbocycles. The number of hydroxylamine groups is 2. The first-order valence-corrected chi connectivity index (χ1v) is 12.7. The summed E-state index contributed by atoms with van der Waals surface area (Å²) in [6.07, 6.45) is 1.40. The zero-order chi connectivity index (χ0) is 23.9. The third kappa shape index (κ3) is 4.08. The Hall–Kier alpha value is -3.22. The smallest absolute Gasteiger partial charge is 0.314 e. The number of hydrogen-bond donors (Lipinski definition) is 1. The molecule has 1 saturated carbocycles. The molecule has 3 aromatic rings. The Kier molecular flexibility index (Phi) is 5.88. The minimum absolute atomic E-state index is 0.0873. The third-order valence-electron chi connectivity index (χ3n) is 6.85. The molecule has 2 unspecified atom stereocenters. The maximum absolute atomic E-state index is 13.3. The molecule has 0 spiro atoms. The van der Waals surface area contributed by atoms with Crippen LogP contribution < -0.4 is 0 Å². The highest BCUT2D eigenvalue weighted by Crippen LogP contribution is 2.48. The summed E-state index contributed by atoms with van der Waals surface area (Å²) in [5, 5.41) is 11.3. The van der Waals surface area contributed by atoms with Gasteiger partial charge in [-0.05, 0) is 42.0 Å². The van der Waals surface area contributed by atoms with Crippen LogP contribution in [0.1, 0.15) is 36.5 Å². The van der Waals surface area contributed by atoms with E-state index in [0.29, 0.717) is 24.4 Å². The average molecular weight is 474 g/mol. The van der Waals surface area contributed by atoms with Crippen LogP contribution in [0.25, 0.3) is 16.9 Å². The Balaban J connectivity index is 1.40. The largest absolute Gasteiger partial charge is 0.481 e. The molecule has 3 aromatic carbocycles. The van der Waals surface area contributed by atoms with Gasteiger partial charge < -0.3 is 9.94 Å². The van der Waals surface area contributed by atoms with Crippen molar-refractivity contribution in [2.24, 2.45) is 0 Å². The number of benzene rings is 3. The Morgan fingerprint density at radius 1 is 0.971 bits per heavy atom. The predicted octanol–water partition coefficient (Wildman–Crippen LogP) is 5.35. The lowest BCUT2D eigenvalue weighted by molar-refractivity contribution is -0.140. The van der Waals surface area contributed by atoms with Gasteiger partial charge in [-0.15, -0.1) is 5.06 Å². The van der Waals surface area contributed by atoms with Gasteiger partial charge in [0.2, 0.25) is 0 Å². The molecule has 2 aliphatic rings. The summed E-state index contributed by atoms with van der Waals surface area (Å²) in [5.74, 6) is 0.362. The van der Waals surface area contributed by atoms with Crippen LogP contribution in [0.4, 0.5) is 0 Å². The lowest BCUT2D eigenvalue weighted by Crippen LogP contribution is -2.25. The van der Waals surface area contributed by atoms with Gasteiger partial charge >= 0.3 is 5.97 Å². The van der Waals surface area contributed by atoms with E-state index < -0.39 is 22.2 Å². The highest BCUT2D eigenvalue weighted by Gasteiger charge is 2.51. The highest BCUT2D eigenvalue weighted by molar-refractivity contribution is 7.88. The summed E-state index contributed by atoms with van der Waals surface area (Å²) >= 11 is 0. The number of carbonyl (C=O) groups is 1. The molecule has 6 heteroatoms. The SMILES string of the molecule is CC1C(S(=O)Cc2ccccc2)=C(c2ccc(-c3ccc(C4(C(=O)O)CC4)cc3)cc2)ON1C. The van der Waals surface area contributed by atoms with Crippen molar-refractivity contribution in [2.75, 3.05) is 7.05 Å². The molecule has 1 aliphatic heterocycles. The molecule has 5 rings (SSSR count). The fourth-order valence-electron chi connectivity index (χ4n) is 4.46. The van der Waals surface area contributed by atoms with E-state index in [0.717, 1.165) is 32.7 Å². The van der Waals surface area contributed by atoms with E-state index in [-0.39, 0.29) is 6.04 Å². The summed E-state index contributed by atoms with van der Waals surface area (Å²) in [6, 6.07) is 25.6. The van der Waals surface area contributed by atoms with Gasteiger partial charge in [0.05, 0.1) is 32.9 Å². The summed E-state index contributed by atoms with van der Waals surface area (Å²) in [6.45, 7) is 2.00. The van der Waals surface area contributed by atoms with Crippen molar-refractivity contribution >= 4 is 22.5 Å². The van der Waals surface area contributed by atoms with Crippen molar-refractivity contribution in [2.45, 2.75) is 37.0 Å². The lowest BCUT2D eigenvalue weighted by Gasteiger charge is -2.15. The number of carboxylic acids is 1. The minimum Gasteiger partial charge on any atom is -0.481 e. The quantitative estimate of drug-likeness (QED) is 0.501. The number of nitrogens with zero attached hydrogens (tertiary/aromatic N) is 1. The standard InChI is InChI=1S/C28H27NO4S/c1-19-26(34(32)18-20-6-4-3-5-7-20)25(33-29(19)2)23-10-8-21(9-11-23)22-12-14-24(15-13-22)28(16-17-28)27(30)31/h3-15,19H,16-18H2,1-2H3,(H,30,31). The lowest BCUT2D eigenvalue weighted by atomic mass is 9.93. The number of carboxylic acid groups (broad SMARTS) is 1. The van der Waals surface area contributed by atoms with Crippen molar-refractivity contribution in [1.82, 2.24) is 5.06 Å². The minimum atomic E-state index is -1.21. The van der Waals surface area contributed by atoms with Crippen molar-refractivity contribution in [3.05, 3.63) is 100 Å². The van der Waals surface area contributed by atoms with Gasteiger partial charge in [-0.1, -0.05) is 78.9 Å².